The number of rotatable bonds is 14. The van der Waals surface area contributed by atoms with Crippen molar-refractivity contribution in [3.8, 4) is 0 Å². The van der Waals surface area contributed by atoms with E-state index < -0.39 is 20.0 Å². The monoisotopic (exact) mass is 520 g/mol. The van der Waals surface area contributed by atoms with Gasteiger partial charge >= 0.3 is 0 Å². The Morgan fingerprint density at radius 3 is 1.31 bits per heavy atom. The minimum absolute atomic E-state index is 0.0627. The van der Waals surface area contributed by atoms with Gasteiger partial charge in [-0.3, -0.25) is 9.59 Å². The predicted molar refractivity (Wildman–Crippen MR) is 135 cm³/mol. The van der Waals surface area contributed by atoms with Gasteiger partial charge in [-0.05, 0) is 55.0 Å². The van der Waals surface area contributed by atoms with Crippen molar-refractivity contribution >= 4 is 43.2 Å². The molecule has 0 atom stereocenters. The molecule has 0 heterocycles. The molecule has 12 heteroatoms. The first kappa shape index (κ1) is 27.9. The van der Waals surface area contributed by atoms with E-state index in [0.717, 1.165) is 0 Å². The Labute approximate surface area is 205 Å². The number of hydrogen-bond donors (Lipinski definition) is 4. The molecule has 0 bridgehead atoms. The average molecular weight is 521 g/mol. The van der Waals surface area contributed by atoms with Crippen LogP contribution in [0.5, 0.6) is 0 Å². The lowest BCUT2D eigenvalue weighted by atomic mass is 10.2. The van der Waals surface area contributed by atoms with Gasteiger partial charge in [-0.2, -0.15) is 0 Å². The number of anilines is 2. The van der Waals surface area contributed by atoms with Crippen molar-refractivity contribution in [1.82, 2.24) is 9.44 Å². The van der Waals surface area contributed by atoms with Crippen LogP contribution >= 0.6 is 0 Å². The SMILES string of the molecule is C=CCNS(=O)(=O)c1ccc(NC(=O)CCCC(=O)Nc2ccc(S(=O)(=O)NCC=C)cc2)cc1. The molecule has 2 amide bonds. The van der Waals surface area contributed by atoms with E-state index in [1.54, 1.807) is 0 Å². The molecular weight excluding hydrogens is 492 g/mol. The first-order valence-corrected chi connectivity index (χ1v) is 13.5. The van der Waals surface area contributed by atoms with Crippen molar-refractivity contribution in [1.29, 1.82) is 0 Å². The Hall–Kier alpha value is -3.32. The second kappa shape index (κ2) is 13.0. The maximum atomic E-state index is 12.1. The van der Waals surface area contributed by atoms with Crippen molar-refractivity contribution < 1.29 is 26.4 Å². The summed E-state index contributed by atoms with van der Waals surface area (Å²) in [7, 11) is -7.29. The molecule has 0 spiro atoms. The highest BCUT2D eigenvalue weighted by Gasteiger charge is 2.14. The Morgan fingerprint density at radius 2 is 1.00 bits per heavy atom. The molecule has 0 aliphatic carbocycles. The molecule has 4 N–H and O–H groups in total. The van der Waals surface area contributed by atoms with E-state index in [1.165, 1.54) is 60.7 Å². The topological polar surface area (TPSA) is 151 Å². The second-order valence-electron chi connectivity index (χ2n) is 7.28. The molecule has 0 aromatic heterocycles. The summed E-state index contributed by atoms with van der Waals surface area (Å²) in [6.07, 6.45) is 3.31. The molecule has 2 aromatic rings. The van der Waals surface area contributed by atoms with E-state index >= 15 is 0 Å². The van der Waals surface area contributed by atoms with E-state index in [0.29, 0.717) is 11.4 Å². The maximum absolute atomic E-state index is 12.1. The summed E-state index contributed by atoms with van der Waals surface area (Å²) in [5, 5.41) is 5.30. The highest BCUT2D eigenvalue weighted by Crippen LogP contribution is 2.16. The number of nitrogens with one attached hydrogen (secondary N) is 4. The van der Waals surface area contributed by atoms with Gasteiger partial charge in [0.25, 0.3) is 0 Å². The van der Waals surface area contributed by atoms with Crippen LogP contribution in [0.15, 0.2) is 83.6 Å². The average Bonchev–Trinajstić information content (AvgIpc) is 2.82. The van der Waals surface area contributed by atoms with Gasteiger partial charge in [-0.25, -0.2) is 26.3 Å². The second-order valence-corrected chi connectivity index (χ2v) is 10.8. The zero-order valence-electron chi connectivity index (χ0n) is 19.0. The first-order valence-electron chi connectivity index (χ1n) is 10.6. The summed E-state index contributed by atoms with van der Waals surface area (Å²) in [5.41, 5.74) is 0.861. The summed E-state index contributed by atoms with van der Waals surface area (Å²) in [4.78, 5) is 24.4. The molecule has 0 unspecified atom stereocenters. The Morgan fingerprint density at radius 1 is 0.657 bits per heavy atom. The Kier molecular flexibility index (Phi) is 10.3. The van der Waals surface area contributed by atoms with Crippen LogP contribution in [-0.4, -0.2) is 41.7 Å². The summed E-state index contributed by atoms with van der Waals surface area (Å²) >= 11 is 0. The number of carbonyl (C=O) groups excluding carboxylic acids is 2. The number of sulfonamides is 2. The highest BCUT2D eigenvalue weighted by molar-refractivity contribution is 7.89. The molecule has 0 fully saturated rings. The lowest BCUT2D eigenvalue weighted by Gasteiger charge is -2.09. The molecule has 188 valence electrons. The maximum Gasteiger partial charge on any atom is 0.240 e. The summed E-state index contributed by atoms with van der Waals surface area (Å²) in [6, 6.07) is 11.4. The number of benzene rings is 2. The van der Waals surface area contributed by atoms with E-state index in [9.17, 15) is 26.4 Å². The molecule has 10 nitrogen and oxygen atoms in total. The standard InChI is InChI=1S/C23H28N4O6S2/c1-3-16-24-34(30,31)20-12-8-18(9-13-20)26-22(28)6-5-7-23(29)27-19-10-14-21(15-11-19)35(32,33)25-17-4-2/h3-4,8-15,24-25H,1-2,5-7,16-17H2,(H,26,28)(H,27,29). The third-order valence-electron chi connectivity index (χ3n) is 4.54. The van der Waals surface area contributed by atoms with Gasteiger partial charge in [-0.15, -0.1) is 13.2 Å². The third-order valence-corrected chi connectivity index (χ3v) is 7.42. The summed E-state index contributed by atoms with van der Waals surface area (Å²) < 4.78 is 52.9. The molecule has 2 rings (SSSR count). The van der Waals surface area contributed by atoms with Crippen molar-refractivity contribution in [2.45, 2.75) is 29.1 Å². The van der Waals surface area contributed by atoms with Gasteiger partial charge in [0.05, 0.1) is 9.79 Å². The van der Waals surface area contributed by atoms with Crippen molar-refractivity contribution in [3.05, 3.63) is 73.8 Å². The number of amides is 2. The number of hydrogen-bond acceptors (Lipinski definition) is 6. The predicted octanol–water partition coefficient (Wildman–Crippen LogP) is 2.36. The molecule has 2 aromatic carbocycles. The summed E-state index contributed by atoms with van der Waals surface area (Å²) in [6.45, 7) is 7.12. The zero-order valence-corrected chi connectivity index (χ0v) is 20.6. The van der Waals surface area contributed by atoms with E-state index in [1.807, 2.05) is 0 Å². The fourth-order valence-electron chi connectivity index (χ4n) is 2.80. The van der Waals surface area contributed by atoms with Crippen LogP contribution in [0, 0.1) is 0 Å². The van der Waals surface area contributed by atoms with Crippen LogP contribution in [0.3, 0.4) is 0 Å². The minimum atomic E-state index is -3.65. The molecule has 0 aliphatic heterocycles. The van der Waals surface area contributed by atoms with E-state index in [2.05, 4.69) is 33.2 Å². The van der Waals surface area contributed by atoms with Crippen molar-refractivity contribution in [2.24, 2.45) is 0 Å². The van der Waals surface area contributed by atoms with Crippen LogP contribution in [0.4, 0.5) is 11.4 Å². The van der Waals surface area contributed by atoms with Crippen LogP contribution in [0.25, 0.3) is 0 Å². The zero-order chi connectivity index (χ0) is 25.9. The van der Waals surface area contributed by atoms with Crippen LogP contribution in [-0.2, 0) is 29.6 Å². The Bertz CT molecular complexity index is 1160. The van der Waals surface area contributed by atoms with Gasteiger partial charge < -0.3 is 10.6 Å². The molecule has 35 heavy (non-hydrogen) atoms. The molecule has 0 saturated heterocycles. The molecular formula is C23H28N4O6S2. The largest absolute Gasteiger partial charge is 0.326 e. The smallest absolute Gasteiger partial charge is 0.240 e. The minimum Gasteiger partial charge on any atom is -0.326 e. The van der Waals surface area contributed by atoms with E-state index in [4.69, 9.17) is 0 Å². The van der Waals surface area contributed by atoms with E-state index in [-0.39, 0.29) is 54.0 Å². The molecule has 0 radical (unpaired) electrons. The normalized spacial score (nSPS) is 11.4. The van der Waals surface area contributed by atoms with Gasteiger partial charge in [-0.1, -0.05) is 12.2 Å². The lowest BCUT2D eigenvalue weighted by Crippen LogP contribution is -2.23. The lowest BCUT2D eigenvalue weighted by molar-refractivity contribution is -0.117. The van der Waals surface area contributed by atoms with Crippen molar-refractivity contribution in [3.63, 3.8) is 0 Å². The highest BCUT2D eigenvalue weighted by atomic mass is 32.2. The molecule has 0 aliphatic rings. The quantitative estimate of drug-likeness (QED) is 0.281. The van der Waals surface area contributed by atoms with Gasteiger partial charge in [0.15, 0.2) is 0 Å². The van der Waals surface area contributed by atoms with Crippen LogP contribution in [0.2, 0.25) is 0 Å². The van der Waals surface area contributed by atoms with Gasteiger partial charge in [0.1, 0.15) is 0 Å². The fourth-order valence-corrected chi connectivity index (χ4v) is 4.79. The van der Waals surface area contributed by atoms with Gasteiger partial charge in [0.2, 0.25) is 31.9 Å². The third kappa shape index (κ3) is 9.09. The van der Waals surface area contributed by atoms with Crippen LogP contribution < -0.4 is 20.1 Å². The molecule has 0 saturated carbocycles. The van der Waals surface area contributed by atoms with Gasteiger partial charge in [0, 0.05) is 37.3 Å². The first-order chi connectivity index (χ1) is 16.6. The summed E-state index contributed by atoms with van der Waals surface area (Å²) in [5.74, 6) is -0.639. The Balaban J connectivity index is 1.78. The fraction of sp³-hybridized carbons (Fsp3) is 0.217. The number of carbonyl (C=O) groups is 2. The van der Waals surface area contributed by atoms with Crippen LogP contribution in [0.1, 0.15) is 19.3 Å². The van der Waals surface area contributed by atoms with Crippen molar-refractivity contribution in [2.75, 3.05) is 23.7 Å².